The lowest BCUT2D eigenvalue weighted by Gasteiger charge is -2.12. The van der Waals surface area contributed by atoms with Crippen LogP contribution in [0, 0.1) is 0 Å². The minimum absolute atomic E-state index is 0.140. The van der Waals surface area contributed by atoms with Crippen molar-refractivity contribution in [2.45, 2.75) is 13.8 Å². The van der Waals surface area contributed by atoms with Gasteiger partial charge in [0.25, 0.3) is 0 Å². The van der Waals surface area contributed by atoms with Gasteiger partial charge in [-0.3, -0.25) is 14.6 Å². The molecule has 0 bridgehead atoms. The standard InChI is InChI=1S/C22H19N5O2S.C10H8BrN3OS/c1-14(28)24-22-27-26-21(30-22)16-3-7-17(8-4-16)25-20-11-12-23-13-19(20)15-5-9-18(29-2)10-6-15;1-6(15)12-10-14-13-9(16-10)7-2-4-8(11)5-3-7/h3-13H,1-2H3,(H,23,25)(H,24,27,28);2-5H,1H3,(H,12,14,15). The van der Waals surface area contributed by atoms with Crippen molar-refractivity contribution in [3.8, 4) is 38.0 Å². The van der Waals surface area contributed by atoms with E-state index in [1.807, 2.05) is 85.1 Å². The number of pyridine rings is 1. The first-order valence-electron chi connectivity index (χ1n) is 13.7. The number of anilines is 4. The fourth-order valence-electron chi connectivity index (χ4n) is 4.03. The van der Waals surface area contributed by atoms with Crippen molar-refractivity contribution in [3.63, 3.8) is 0 Å². The van der Waals surface area contributed by atoms with E-state index in [-0.39, 0.29) is 11.8 Å². The summed E-state index contributed by atoms with van der Waals surface area (Å²) >= 11 is 6.05. The van der Waals surface area contributed by atoms with Gasteiger partial charge in [0.1, 0.15) is 15.8 Å². The summed E-state index contributed by atoms with van der Waals surface area (Å²) < 4.78 is 6.25. The molecular weight excluding hydrogens is 688 g/mol. The molecular formula is C32H27BrN8O3S2. The molecule has 2 amide bonds. The van der Waals surface area contributed by atoms with Gasteiger partial charge in [0, 0.05) is 58.8 Å². The Balaban J connectivity index is 0.000000219. The molecule has 0 atom stereocenters. The van der Waals surface area contributed by atoms with Gasteiger partial charge >= 0.3 is 0 Å². The van der Waals surface area contributed by atoms with Crippen LogP contribution >= 0.6 is 38.6 Å². The van der Waals surface area contributed by atoms with Crippen LogP contribution in [0.1, 0.15) is 13.8 Å². The first-order chi connectivity index (χ1) is 22.3. The summed E-state index contributed by atoms with van der Waals surface area (Å²) in [5.74, 6) is 0.506. The molecule has 3 aromatic carbocycles. The molecule has 14 heteroatoms. The number of carbonyl (C=O) groups excluding carboxylic acids is 2. The van der Waals surface area contributed by atoms with Gasteiger partial charge in [-0.2, -0.15) is 0 Å². The van der Waals surface area contributed by atoms with Crippen molar-refractivity contribution in [1.29, 1.82) is 0 Å². The van der Waals surface area contributed by atoms with E-state index in [0.717, 1.165) is 53.9 Å². The molecule has 11 nitrogen and oxygen atoms in total. The third-order valence-electron chi connectivity index (χ3n) is 6.14. The second-order valence-corrected chi connectivity index (χ2v) is 12.4. The summed E-state index contributed by atoms with van der Waals surface area (Å²) in [6.45, 7) is 2.89. The van der Waals surface area contributed by atoms with Crippen LogP contribution < -0.4 is 20.7 Å². The van der Waals surface area contributed by atoms with Gasteiger partial charge in [-0.25, -0.2) is 0 Å². The predicted molar refractivity (Wildman–Crippen MR) is 187 cm³/mol. The Hall–Kier alpha value is -5.05. The molecule has 3 heterocycles. The van der Waals surface area contributed by atoms with Gasteiger partial charge in [-0.05, 0) is 60.2 Å². The molecule has 0 saturated heterocycles. The van der Waals surface area contributed by atoms with E-state index in [1.165, 1.54) is 36.5 Å². The van der Waals surface area contributed by atoms with Crippen molar-refractivity contribution in [2.75, 3.05) is 23.1 Å². The van der Waals surface area contributed by atoms with Gasteiger partial charge in [0.2, 0.25) is 22.1 Å². The van der Waals surface area contributed by atoms with E-state index in [0.29, 0.717) is 10.3 Å². The number of hydrogen-bond acceptors (Lipinski definition) is 11. The highest BCUT2D eigenvalue weighted by atomic mass is 79.9. The number of benzene rings is 3. The highest BCUT2D eigenvalue weighted by Gasteiger charge is 2.10. The van der Waals surface area contributed by atoms with Crippen molar-refractivity contribution in [1.82, 2.24) is 25.4 Å². The van der Waals surface area contributed by atoms with E-state index in [4.69, 9.17) is 4.74 Å². The monoisotopic (exact) mass is 714 g/mol. The molecule has 0 aliphatic rings. The predicted octanol–water partition coefficient (Wildman–Crippen LogP) is 7.90. The van der Waals surface area contributed by atoms with Gasteiger partial charge < -0.3 is 20.7 Å². The lowest BCUT2D eigenvalue weighted by Crippen LogP contribution is -2.04. The topological polar surface area (TPSA) is 144 Å². The maximum Gasteiger partial charge on any atom is 0.223 e. The molecule has 6 aromatic rings. The second-order valence-electron chi connectivity index (χ2n) is 9.55. The molecule has 0 saturated carbocycles. The molecule has 6 rings (SSSR count). The van der Waals surface area contributed by atoms with Gasteiger partial charge in [0.05, 0.1) is 7.11 Å². The second kappa shape index (κ2) is 15.3. The summed E-state index contributed by atoms with van der Waals surface area (Å²) in [5, 5.41) is 27.2. The number of methoxy groups -OCH3 is 1. The van der Waals surface area contributed by atoms with Crippen LogP contribution in [-0.4, -0.2) is 44.3 Å². The number of nitrogens with one attached hydrogen (secondary N) is 3. The number of hydrogen-bond donors (Lipinski definition) is 3. The number of ether oxygens (including phenoxy) is 1. The maximum atomic E-state index is 11.1. The van der Waals surface area contributed by atoms with Crippen LogP contribution in [0.3, 0.4) is 0 Å². The number of carbonyl (C=O) groups is 2. The maximum absolute atomic E-state index is 11.1. The van der Waals surface area contributed by atoms with Gasteiger partial charge in [0.15, 0.2) is 0 Å². The van der Waals surface area contributed by atoms with E-state index in [1.54, 1.807) is 13.3 Å². The SMILES string of the molecule is CC(=O)Nc1nnc(-c2ccc(Br)cc2)s1.COc1ccc(-c2cnccc2Nc2ccc(-c3nnc(NC(C)=O)s3)cc2)cc1. The summed E-state index contributed by atoms with van der Waals surface area (Å²) in [6.07, 6.45) is 3.60. The zero-order chi connectivity index (χ0) is 32.5. The molecule has 3 N–H and O–H groups in total. The summed E-state index contributed by atoms with van der Waals surface area (Å²) in [7, 11) is 1.65. The van der Waals surface area contributed by atoms with E-state index >= 15 is 0 Å². The van der Waals surface area contributed by atoms with Crippen LogP contribution in [0.25, 0.3) is 32.3 Å². The van der Waals surface area contributed by atoms with Gasteiger partial charge in [-0.15, -0.1) is 20.4 Å². The largest absolute Gasteiger partial charge is 0.497 e. The molecule has 0 radical (unpaired) electrons. The zero-order valence-corrected chi connectivity index (χ0v) is 28.0. The van der Waals surface area contributed by atoms with Crippen molar-refractivity contribution in [3.05, 3.63) is 95.7 Å². The van der Waals surface area contributed by atoms with Crippen molar-refractivity contribution in [2.24, 2.45) is 0 Å². The summed E-state index contributed by atoms with van der Waals surface area (Å²) in [4.78, 5) is 26.2. The third-order valence-corrected chi connectivity index (χ3v) is 8.44. The highest BCUT2D eigenvalue weighted by Crippen LogP contribution is 2.32. The number of rotatable bonds is 8. The number of aromatic nitrogens is 5. The Labute approximate surface area is 281 Å². The molecule has 3 aromatic heterocycles. The quantitative estimate of drug-likeness (QED) is 0.143. The lowest BCUT2D eigenvalue weighted by atomic mass is 10.1. The lowest BCUT2D eigenvalue weighted by molar-refractivity contribution is -0.115. The zero-order valence-electron chi connectivity index (χ0n) is 24.8. The molecule has 0 aliphatic carbocycles. The fourth-order valence-corrected chi connectivity index (χ4v) is 5.88. The molecule has 46 heavy (non-hydrogen) atoms. The third kappa shape index (κ3) is 8.78. The van der Waals surface area contributed by atoms with Crippen LogP contribution in [0.2, 0.25) is 0 Å². The number of halogens is 1. The van der Waals surface area contributed by atoms with Crippen LogP contribution in [0.15, 0.2) is 95.7 Å². The Morgan fingerprint density at radius 3 is 1.74 bits per heavy atom. The highest BCUT2D eigenvalue weighted by molar-refractivity contribution is 9.10. The Bertz CT molecular complexity index is 1930. The average Bonchev–Trinajstić information content (AvgIpc) is 3.72. The molecule has 0 spiro atoms. The first-order valence-corrected chi connectivity index (χ1v) is 16.1. The minimum Gasteiger partial charge on any atom is -0.497 e. The molecule has 0 unspecified atom stereocenters. The van der Waals surface area contributed by atoms with Crippen LogP contribution in [-0.2, 0) is 9.59 Å². The van der Waals surface area contributed by atoms with Gasteiger partial charge in [-0.1, -0.05) is 62.9 Å². The smallest absolute Gasteiger partial charge is 0.223 e. The van der Waals surface area contributed by atoms with Crippen LogP contribution in [0.4, 0.5) is 21.6 Å². The van der Waals surface area contributed by atoms with Crippen LogP contribution in [0.5, 0.6) is 5.75 Å². The molecule has 232 valence electrons. The van der Waals surface area contributed by atoms with Crippen molar-refractivity contribution >= 4 is 72.1 Å². The van der Waals surface area contributed by atoms with E-state index in [2.05, 4.69) is 57.3 Å². The van der Waals surface area contributed by atoms with Crippen molar-refractivity contribution < 1.29 is 14.3 Å². The number of nitrogens with zero attached hydrogens (tertiary/aromatic N) is 5. The Kier molecular flexibility index (Phi) is 10.8. The molecule has 0 fully saturated rings. The Morgan fingerprint density at radius 2 is 1.22 bits per heavy atom. The first kappa shape index (κ1) is 32.3. The van der Waals surface area contributed by atoms with E-state index < -0.39 is 0 Å². The normalized spacial score (nSPS) is 10.3. The average molecular weight is 716 g/mol. The fraction of sp³-hybridized carbons (Fsp3) is 0.0938. The minimum atomic E-state index is -0.165. The number of amides is 2. The Morgan fingerprint density at radius 1 is 0.696 bits per heavy atom. The van der Waals surface area contributed by atoms with E-state index in [9.17, 15) is 9.59 Å². The summed E-state index contributed by atoms with van der Waals surface area (Å²) in [5.41, 5.74) is 5.84. The molecule has 0 aliphatic heterocycles. The summed E-state index contributed by atoms with van der Waals surface area (Å²) in [6, 6.07) is 25.5.